The lowest BCUT2D eigenvalue weighted by Crippen LogP contribution is -2.39. The lowest BCUT2D eigenvalue weighted by Gasteiger charge is -2.25. The number of hydrogen-bond acceptors (Lipinski definition) is 3. The van der Waals surface area contributed by atoms with Gasteiger partial charge in [-0.05, 0) is 24.5 Å². The molecule has 0 saturated heterocycles. The molecule has 0 radical (unpaired) electrons. The summed E-state index contributed by atoms with van der Waals surface area (Å²) in [5, 5.41) is 0. The Morgan fingerprint density at radius 1 is 1.04 bits per heavy atom. The molecule has 1 saturated carbocycles. The van der Waals surface area contributed by atoms with E-state index >= 15 is 0 Å². The van der Waals surface area contributed by atoms with Gasteiger partial charge in [0.05, 0.1) is 13.7 Å². The van der Waals surface area contributed by atoms with E-state index in [1.165, 1.54) is 18.4 Å². The van der Waals surface area contributed by atoms with Gasteiger partial charge < -0.3 is 9.64 Å². The smallest absolute Gasteiger partial charge is 0.236 e. The van der Waals surface area contributed by atoms with Gasteiger partial charge in [-0.25, -0.2) is 0 Å². The van der Waals surface area contributed by atoms with Crippen molar-refractivity contribution >= 4 is 5.91 Å². The first-order chi connectivity index (χ1) is 12.2. The minimum Gasteiger partial charge on any atom is -0.496 e. The van der Waals surface area contributed by atoms with E-state index in [0.717, 1.165) is 17.9 Å². The van der Waals surface area contributed by atoms with Crippen LogP contribution in [-0.4, -0.2) is 42.5 Å². The van der Waals surface area contributed by atoms with E-state index in [-0.39, 0.29) is 5.91 Å². The van der Waals surface area contributed by atoms with Crippen molar-refractivity contribution in [2.45, 2.75) is 32.0 Å². The van der Waals surface area contributed by atoms with Crippen molar-refractivity contribution in [3.63, 3.8) is 0 Å². The van der Waals surface area contributed by atoms with Gasteiger partial charge in [-0.3, -0.25) is 9.69 Å². The van der Waals surface area contributed by atoms with Gasteiger partial charge in [0.25, 0.3) is 0 Å². The minimum absolute atomic E-state index is 0.147. The van der Waals surface area contributed by atoms with Crippen LogP contribution in [0.5, 0.6) is 5.75 Å². The van der Waals surface area contributed by atoms with Gasteiger partial charge in [-0.1, -0.05) is 48.5 Å². The maximum absolute atomic E-state index is 12.7. The molecule has 0 unspecified atom stereocenters. The van der Waals surface area contributed by atoms with E-state index < -0.39 is 0 Å². The molecule has 4 heteroatoms. The highest BCUT2D eigenvalue weighted by atomic mass is 16.5. The molecule has 3 rings (SSSR count). The lowest BCUT2D eigenvalue weighted by atomic mass is 10.2. The second-order valence-corrected chi connectivity index (χ2v) is 6.68. The van der Waals surface area contributed by atoms with Crippen molar-refractivity contribution in [3.05, 3.63) is 65.7 Å². The van der Waals surface area contributed by atoms with E-state index in [1.54, 1.807) is 12.0 Å². The number of likely N-dealkylation sites (N-methyl/N-ethyl adjacent to an activating group) is 1. The molecule has 1 fully saturated rings. The van der Waals surface area contributed by atoms with Crippen LogP contribution >= 0.6 is 0 Å². The van der Waals surface area contributed by atoms with Gasteiger partial charge >= 0.3 is 0 Å². The predicted octanol–water partition coefficient (Wildman–Crippen LogP) is 3.32. The van der Waals surface area contributed by atoms with Crippen LogP contribution in [-0.2, 0) is 17.9 Å². The average Bonchev–Trinajstić information content (AvgIpc) is 3.47. The largest absolute Gasteiger partial charge is 0.496 e. The van der Waals surface area contributed by atoms with E-state index in [0.29, 0.717) is 19.1 Å². The molecule has 25 heavy (non-hydrogen) atoms. The Morgan fingerprint density at radius 2 is 1.72 bits per heavy atom. The maximum Gasteiger partial charge on any atom is 0.236 e. The van der Waals surface area contributed by atoms with Crippen LogP contribution in [0, 0.1) is 0 Å². The van der Waals surface area contributed by atoms with E-state index in [1.807, 2.05) is 37.4 Å². The molecule has 0 heterocycles. The van der Waals surface area contributed by atoms with Gasteiger partial charge in [0.2, 0.25) is 5.91 Å². The summed E-state index contributed by atoms with van der Waals surface area (Å²) in [5.41, 5.74) is 2.29. The first-order valence-corrected chi connectivity index (χ1v) is 8.81. The second-order valence-electron chi connectivity index (χ2n) is 6.68. The second kappa shape index (κ2) is 8.17. The number of carbonyl (C=O) groups is 1. The lowest BCUT2D eigenvalue weighted by molar-refractivity contribution is -0.132. The van der Waals surface area contributed by atoms with E-state index in [2.05, 4.69) is 29.2 Å². The number of nitrogens with zero attached hydrogens (tertiary/aromatic N) is 2. The number of hydrogen-bond donors (Lipinski definition) is 0. The van der Waals surface area contributed by atoms with Crippen molar-refractivity contribution in [3.8, 4) is 5.75 Å². The molecule has 2 aromatic rings. The third-order valence-electron chi connectivity index (χ3n) is 4.66. The number of carbonyl (C=O) groups excluding carboxylic acids is 1. The highest BCUT2D eigenvalue weighted by molar-refractivity contribution is 5.78. The third-order valence-corrected chi connectivity index (χ3v) is 4.66. The Balaban J connectivity index is 1.61. The van der Waals surface area contributed by atoms with Crippen molar-refractivity contribution in [2.75, 3.05) is 20.7 Å². The van der Waals surface area contributed by atoms with Gasteiger partial charge in [0, 0.05) is 31.7 Å². The average molecular weight is 338 g/mol. The molecule has 4 nitrogen and oxygen atoms in total. The number of methoxy groups -OCH3 is 1. The quantitative estimate of drug-likeness (QED) is 0.740. The zero-order valence-corrected chi connectivity index (χ0v) is 15.0. The van der Waals surface area contributed by atoms with Gasteiger partial charge in [0.15, 0.2) is 0 Å². The summed E-state index contributed by atoms with van der Waals surface area (Å²) in [6.45, 7) is 1.86. The molecule has 1 aliphatic carbocycles. The van der Waals surface area contributed by atoms with Gasteiger partial charge in [0.1, 0.15) is 5.75 Å². The van der Waals surface area contributed by atoms with E-state index in [4.69, 9.17) is 4.74 Å². The summed E-state index contributed by atoms with van der Waals surface area (Å²) in [4.78, 5) is 16.8. The fourth-order valence-corrected chi connectivity index (χ4v) is 3.04. The Bertz CT molecular complexity index is 698. The first-order valence-electron chi connectivity index (χ1n) is 8.81. The monoisotopic (exact) mass is 338 g/mol. The predicted molar refractivity (Wildman–Crippen MR) is 99.3 cm³/mol. The van der Waals surface area contributed by atoms with Gasteiger partial charge in [-0.2, -0.15) is 0 Å². The number of para-hydroxylation sites is 1. The highest BCUT2D eigenvalue weighted by Crippen LogP contribution is 2.28. The first kappa shape index (κ1) is 17.5. The summed E-state index contributed by atoms with van der Waals surface area (Å²) < 4.78 is 5.39. The van der Waals surface area contributed by atoms with Crippen LogP contribution in [0.25, 0.3) is 0 Å². The minimum atomic E-state index is 0.147. The normalized spacial score (nSPS) is 13.7. The number of benzene rings is 2. The van der Waals surface area contributed by atoms with Crippen molar-refractivity contribution < 1.29 is 9.53 Å². The molecule has 2 aromatic carbocycles. The molecule has 1 aliphatic rings. The standard InChI is InChI=1S/C21H26N2O2/c1-22(15-18-10-6-7-11-20(18)25-2)21(24)16-23(19-12-13-19)14-17-8-4-3-5-9-17/h3-11,19H,12-16H2,1-2H3. The SMILES string of the molecule is COc1ccccc1CN(C)C(=O)CN(Cc1ccccc1)C1CC1. The van der Waals surface area contributed by atoms with Crippen LogP contribution in [0.15, 0.2) is 54.6 Å². The Morgan fingerprint density at radius 3 is 2.40 bits per heavy atom. The fourth-order valence-electron chi connectivity index (χ4n) is 3.04. The molecular formula is C21H26N2O2. The molecule has 0 aliphatic heterocycles. The molecule has 132 valence electrons. The van der Waals surface area contributed by atoms with Crippen LogP contribution in [0.2, 0.25) is 0 Å². The summed E-state index contributed by atoms with van der Waals surface area (Å²) in [6.07, 6.45) is 2.38. The zero-order chi connectivity index (χ0) is 17.6. The fraction of sp³-hybridized carbons (Fsp3) is 0.381. The summed E-state index contributed by atoms with van der Waals surface area (Å²) in [5.74, 6) is 0.972. The Labute approximate surface area is 150 Å². The topological polar surface area (TPSA) is 32.8 Å². The molecule has 0 spiro atoms. The Hall–Kier alpha value is -2.33. The summed E-state index contributed by atoms with van der Waals surface area (Å²) >= 11 is 0. The molecule has 0 aromatic heterocycles. The van der Waals surface area contributed by atoms with Crippen LogP contribution < -0.4 is 4.74 Å². The van der Waals surface area contributed by atoms with Crippen molar-refractivity contribution in [1.82, 2.24) is 9.80 Å². The van der Waals surface area contributed by atoms with Crippen molar-refractivity contribution in [1.29, 1.82) is 0 Å². The number of amides is 1. The van der Waals surface area contributed by atoms with Gasteiger partial charge in [-0.15, -0.1) is 0 Å². The van der Waals surface area contributed by atoms with Crippen LogP contribution in [0.3, 0.4) is 0 Å². The molecule has 0 bridgehead atoms. The molecule has 1 amide bonds. The maximum atomic E-state index is 12.7. The Kier molecular flexibility index (Phi) is 5.71. The highest BCUT2D eigenvalue weighted by Gasteiger charge is 2.31. The van der Waals surface area contributed by atoms with Crippen LogP contribution in [0.4, 0.5) is 0 Å². The molecule has 0 N–H and O–H groups in total. The number of rotatable bonds is 8. The molecular weight excluding hydrogens is 312 g/mol. The summed E-state index contributed by atoms with van der Waals surface area (Å²) in [7, 11) is 3.53. The third kappa shape index (κ3) is 4.83. The van der Waals surface area contributed by atoms with Crippen LogP contribution in [0.1, 0.15) is 24.0 Å². The molecule has 0 atom stereocenters. The van der Waals surface area contributed by atoms with E-state index in [9.17, 15) is 4.79 Å². The summed E-state index contributed by atoms with van der Waals surface area (Å²) in [6, 6.07) is 18.8. The van der Waals surface area contributed by atoms with Crippen molar-refractivity contribution in [2.24, 2.45) is 0 Å². The zero-order valence-electron chi connectivity index (χ0n) is 15.0. The number of ether oxygens (including phenoxy) is 1.